The van der Waals surface area contributed by atoms with Gasteiger partial charge in [0.15, 0.2) is 0 Å². The molecule has 1 aliphatic rings. The van der Waals surface area contributed by atoms with Gasteiger partial charge in [-0.05, 0) is 19.9 Å². The highest BCUT2D eigenvalue weighted by Gasteiger charge is 2.23. The quantitative estimate of drug-likeness (QED) is 0.726. The monoisotopic (exact) mass is 215 g/mol. The minimum Gasteiger partial charge on any atom is -0.461 e. The lowest BCUT2D eigenvalue weighted by molar-refractivity contribution is 0.196. The van der Waals surface area contributed by atoms with Crippen LogP contribution in [-0.4, -0.2) is 17.5 Å². The highest BCUT2D eigenvalue weighted by molar-refractivity contribution is 5.82. The first-order valence-corrected chi connectivity index (χ1v) is 5.99. The molecule has 0 aliphatic carbocycles. The number of benzene rings is 1. The Morgan fingerprint density at radius 1 is 1.25 bits per heavy atom. The Hall–Kier alpha value is -1.28. The van der Waals surface area contributed by atoms with Crippen LogP contribution in [0.15, 0.2) is 28.7 Å². The predicted molar refractivity (Wildman–Crippen MR) is 65.5 cm³/mol. The number of hydrogen-bond acceptors (Lipinski definition) is 2. The summed E-state index contributed by atoms with van der Waals surface area (Å²) in [5.74, 6) is 1.19. The third kappa shape index (κ3) is 1.45. The van der Waals surface area contributed by atoms with E-state index in [4.69, 9.17) is 4.42 Å². The van der Waals surface area contributed by atoms with Crippen LogP contribution < -0.4 is 0 Å². The summed E-state index contributed by atoms with van der Waals surface area (Å²) in [5.41, 5.74) is 2.44. The molecule has 1 aromatic carbocycles. The molecule has 0 fully saturated rings. The molecule has 16 heavy (non-hydrogen) atoms. The van der Waals surface area contributed by atoms with Crippen molar-refractivity contribution in [2.75, 3.05) is 6.54 Å². The molecule has 0 amide bonds. The zero-order chi connectivity index (χ0) is 11.1. The molecule has 0 N–H and O–H groups in total. The van der Waals surface area contributed by atoms with E-state index in [0.717, 1.165) is 25.1 Å². The standard InChI is InChI=1S/C14H17NO/c1-10(2)15-8-7-14-12(9-15)11-5-3-4-6-13(11)16-14/h3-6,10H,7-9H2,1-2H3. The lowest BCUT2D eigenvalue weighted by Gasteiger charge is -2.29. The summed E-state index contributed by atoms with van der Waals surface area (Å²) in [6, 6.07) is 8.97. The molecular weight excluding hydrogens is 198 g/mol. The van der Waals surface area contributed by atoms with Gasteiger partial charge < -0.3 is 4.42 Å². The van der Waals surface area contributed by atoms with E-state index in [1.54, 1.807) is 0 Å². The highest BCUT2D eigenvalue weighted by atomic mass is 16.3. The minimum atomic E-state index is 0.613. The first kappa shape index (κ1) is 9.91. The Morgan fingerprint density at radius 2 is 2.06 bits per heavy atom. The summed E-state index contributed by atoms with van der Waals surface area (Å²) >= 11 is 0. The molecule has 0 bridgehead atoms. The normalized spacial score (nSPS) is 16.9. The Kier molecular flexibility index (Phi) is 2.25. The fraction of sp³-hybridized carbons (Fsp3) is 0.429. The third-order valence-electron chi connectivity index (χ3n) is 3.50. The van der Waals surface area contributed by atoms with Crippen molar-refractivity contribution in [1.29, 1.82) is 0 Å². The van der Waals surface area contributed by atoms with Gasteiger partial charge in [0.05, 0.1) is 0 Å². The second-order valence-corrected chi connectivity index (χ2v) is 4.81. The first-order chi connectivity index (χ1) is 7.75. The summed E-state index contributed by atoms with van der Waals surface area (Å²) in [5, 5.41) is 1.29. The van der Waals surface area contributed by atoms with Crippen molar-refractivity contribution in [3.8, 4) is 0 Å². The van der Waals surface area contributed by atoms with Crippen molar-refractivity contribution in [3.63, 3.8) is 0 Å². The van der Waals surface area contributed by atoms with Crippen LogP contribution >= 0.6 is 0 Å². The van der Waals surface area contributed by atoms with E-state index in [-0.39, 0.29) is 0 Å². The minimum absolute atomic E-state index is 0.613. The first-order valence-electron chi connectivity index (χ1n) is 5.99. The number of furan rings is 1. The molecule has 0 radical (unpaired) electrons. The van der Waals surface area contributed by atoms with Gasteiger partial charge in [0.25, 0.3) is 0 Å². The predicted octanol–water partition coefficient (Wildman–Crippen LogP) is 3.20. The van der Waals surface area contributed by atoms with E-state index in [1.807, 2.05) is 6.07 Å². The molecule has 84 valence electrons. The molecule has 0 saturated heterocycles. The van der Waals surface area contributed by atoms with Gasteiger partial charge in [-0.1, -0.05) is 18.2 Å². The topological polar surface area (TPSA) is 16.4 Å². The maximum Gasteiger partial charge on any atom is 0.134 e. The smallest absolute Gasteiger partial charge is 0.134 e. The molecule has 2 aromatic rings. The summed E-state index contributed by atoms with van der Waals surface area (Å²) < 4.78 is 5.89. The molecule has 2 heterocycles. The van der Waals surface area contributed by atoms with Gasteiger partial charge in [-0.2, -0.15) is 0 Å². The van der Waals surface area contributed by atoms with E-state index < -0.39 is 0 Å². The molecule has 0 spiro atoms. The van der Waals surface area contributed by atoms with Gasteiger partial charge >= 0.3 is 0 Å². The van der Waals surface area contributed by atoms with Crippen molar-refractivity contribution in [2.45, 2.75) is 32.9 Å². The second kappa shape index (κ2) is 3.63. The van der Waals surface area contributed by atoms with Crippen LogP contribution in [0.3, 0.4) is 0 Å². The van der Waals surface area contributed by atoms with Crippen LogP contribution in [0.4, 0.5) is 0 Å². The number of fused-ring (bicyclic) bond motifs is 3. The Bertz CT molecular complexity index is 512. The van der Waals surface area contributed by atoms with Crippen molar-refractivity contribution in [2.24, 2.45) is 0 Å². The molecular formula is C14H17NO. The van der Waals surface area contributed by atoms with Crippen LogP contribution in [0.25, 0.3) is 11.0 Å². The summed E-state index contributed by atoms with van der Waals surface area (Å²) in [7, 11) is 0. The van der Waals surface area contributed by atoms with Crippen molar-refractivity contribution >= 4 is 11.0 Å². The molecule has 0 atom stereocenters. The van der Waals surface area contributed by atoms with Gasteiger partial charge in [-0.15, -0.1) is 0 Å². The Morgan fingerprint density at radius 3 is 2.88 bits per heavy atom. The SMILES string of the molecule is CC(C)N1CCc2oc3ccccc3c2C1. The average molecular weight is 215 g/mol. The lowest BCUT2D eigenvalue weighted by Crippen LogP contribution is -2.35. The van der Waals surface area contributed by atoms with Gasteiger partial charge in [0, 0.05) is 36.5 Å². The van der Waals surface area contributed by atoms with Crippen molar-refractivity contribution in [1.82, 2.24) is 4.90 Å². The number of rotatable bonds is 1. The highest BCUT2D eigenvalue weighted by Crippen LogP contribution is 2.30. The maximum atomic E-state index is 5.89. The molecule has 0 unspecified atom stereocenters. The number of nitrogens with zero attached hydrogens (tertiary/aromatic N) is 1. The zero-order valence-electron chi connectivity index (χ0n) is 9.86. The fourth-order valence-electron chi connectivity index (χ4n) is 2.49. The van der Waals surface area contributed by atoms with Crippen LogP contribution in [-0.2, 0) is 13.0 Å². The molecule has 2 heteroatoms. The van der Waals surface area contributed by atoms with E-state index in [1.165, 1.54) is 16.7 Å². The zero-order valence-corrected chi connectivity index (χ0v) is 9.86. The van der Waals surface area contributed by atoms with Crippen molar-refractivity contribution in [3.05, 3.63) is 35.6 Å². The van der Waals surface area contributed by atoms with Crippen molar-refractivity contribution < 1.29 is 4.42 Å². The largest absolute Gasteiger partial charge is 0.461 e. The van der Waals surface area contributed by atoms with Crippen LogP contribution in [0.2, 0.25) is 0 Å². The molecule has 0 saturated carbocycles. The van der Waals surface area contributed by atoms with E-state index in [2.05, 4.69) is 36.9 Å². The van der Waals surface area contributed by atoms with Gasteiger partial charge in [-0.25, -0.2) is 0 Å². The Balaban J connectivity index is 2.08. The summed E-state index contributed by atoms with van der Waals surface area (Å²) in [4.78, 5) is 2.50. The van der Waals surface area contributed by atoms with Gasteiger partial charge in [0.1, 0.15) is 11.3 Å². The molecule has 2 nitrogen and oxygen atoms in total. The van der Waals surface area contributed by atoms with Crippen LogP contribution in [0.5, 0.6) is 0 Å². The number of para-hydroxylation sites is 1. The molecule has 1 aliphatic heterocycles. The van der Waals surface area contributed by atoms with Crippen LogP contribution in [0.1, 0.15) is 25.2 Å². The summed E-state index contributed by atoms with van der Waals surface area (Å²) in [6.45, 7) is 6.66. The van der Waals surface area contributed by atoms with Gasteiger partial charge in [0.2, 0.25) is 0 Å². The molecule has 1 aromatic heterocycles. The van der Waals surface area contributed by atoms with Crippen LogP contribution in [0, 0.1) is 0 Å². The number of hydrogen-bond donors (Lipinski definition) is 0. The summed E-state index contributed by atoms with van der Waals surface area (Å²) in [6.07, 6.45) is 1.04. The Labute approximate surface area is 95.9 Å². The second-order valence-electron chi connectivity index (χ2n) is 4.81. The molecule has 3 rings (SSSR count). The van der Waals surface area contributed by atoms with Gasteiger partial charge in [-0.3, -0.25) is 4.90 Å². The van der Waals surface area contributed by atoms with E-state index >= 15 is 0 Å². The van der Waals surface area contributed by atoms with E-state index in [0.29, 0.717) is 6.04 Å². The van der Waals surface area contributed by atoms with E-state index in [9.17, 15) is 0 Å². The third-order valence-corrected chi connectivity index (χ3v) is 3.50. The fourth-order valence-corrected chi connectivity index (χ4v) is 2.49. The average Bonchev–Trinajstić information content (AvgIpc) is 2.66. The maximum absolute atomic E-state index is 5.89. The lowest BCUT2D eigenvalue weighted by atomic mass is 10.0.